The molecule has 4 heteroatoms. The minimum absolute atomic E-state index is 0.521. The highest BCUT2D eigenvalue weighted by Gasteiger charge is 2.29. The van der Waals surface area contributed by atoms with Gasteiger partial charge in [0.2, 0.25) is 0 Å². The Labute approximate surface area is 83.1 Å². The summed E-state index contributed by atoms with van der Waals surface area (Å²) in [6, 6.07) is 0. The van der Waals surface area contributed by atoms with Gasteiger partial charge in [0, 0.05) is 11.0 Å². The molecule has 3 N–H and O–H groups in total. The van der Waals surface area contributed by atoms with Crippen molar-refractivity contribution in [3.63, 3.8) is 0 Å². The van der Waals surface area contributed by atoms with Crippen LogP contribution in [0.4, 0.5) is 0 Å². The van der Waals surface area contributed by atoms with E-state index >= 15 is 0 Å². The summed E-state index contributed by atoms with van der Waals surface area (Å²) >= 11 is 1.71. The zero-order chi connectivity index (χ0) is 9.90. The van der Waals surface area contributed by atoms with Crippen molar-refractivity contribution < 1.29 is 9.90 Å². The lowest BCUT2D eigenvalue weighted by atomic mass is 10.1. The molecule has 0 bridgehead atoms. The average molecular weight is 203 g/mol. The van der Waals surface area contributed by atoms with E-state index in [-0.39, 0.29) is 0 Å². The van der Waals surface area contributed by atoms with E-state index in [0.29, 0.717) is 11.0 Å². The first kappa shape index (κ1) is 10.9. The average Bonchev–Trinajstić information content (AvgIpc) is 2.52. The molecule has 0 amide bonds. The van der Waals surface area contributed by atoms with Crippen LogP contribution in [-0.4, -0.2) is 27.6 Å². The number of carboxylic acids is 1. The zero-order valence-electron chi connectivity index (χ0n) is 7.95. The number of aliphatic carboxylic acids is 1. The molecule has 3 nitrogen and oxygen atoms in total. The van der Waals surface area contributed by atoms with E-state index < -0.39 is 11.5 Å². The fourth-order valence-corrected chi connectivity index (χ4v) is 2.78. The Bertz CT molecular complexity index is 188. The van der Waals surface area contributed by atoms with E-state index in [1.54, 1.807) is 18.7 Å². The standard InChI is InChI=1S/C9H17NO2S/c1-9(10,8(11)12)6-13-7-4-2-3-5-7/h7H,2-6,10H2,1H3,(H,11,12). The molecule has 1 aliphatic carbocycles. The summed E-state index contributed by atoms with van der Waals surface area (Å²) in [6.07, 6.45) is 5.01. The highest BCUT2D eigenvalue weighted by molar-refractivity contribution is 8.00. The van der Waals surface area contributed by atoms with E-state index in [4.69, 9.17) is 10.8 Å². The molecule has 0 aromatic rings. The van der Waals surface area contributed by atoms with Crippen LogP contribution in [0.25, 0.3) is 0 Å². The van der Waals surface area contributed by atoms with Gasteiger partial charge in [-0.1, -0.05) is 12.8 Å². The second-order valence-corrected chi connectivity index (χ2v) is 5.23. The number of hydrogen-bond donors (Lipinski definition) is 2. The molecule has 1 rings (SSSR count). The van der Waals surface area contributed by atoms with Gasteiger partial charge < -0.3 is 10.8 Å². The number of thioether (sulfide) groups is 1. The van der Waals surface area contributed by atoms with Crippen molar-refractivity contribution in [1.29, 1.82) is 0 Å². The van der Waals surface area contributed by atoms with Gasteiger partial charge in [0.1, 0.15) is 5.54 Å². The van der Waals surface area contributed by atoms with E-state index in [1.165, 1.54) is 25.7 Å². The van der Waals surface area contributed by atoms with Crippen molar-refractivity contribution in [3.8, 4) is 0 Å². The van der Waals surface area contributed by atoms with Gasteiger partial charge in [0.15, 0.2) is 0 Å². The molecule has 0 aliphatic heterocycles. The number of rotatable bonds is 4. The molecule has 1 saturated carbocycles. The Balaban J connectivity index is 2.28. The van der Waals surface area contributed by atoms with Crippen LogP contribution in [0.1, 0.15) is 32.6 Å². The second-order valence-electron chi connectivity index (χ2n) is 3.94. The minimum atomic E-state index is -1.06. The normalized spacial score (nSPS) is 22.9. The van der Waals surface area contributed by atoms with Gasteiger partial charge in [-0.15, -0.1) is 0 Å². The van der Waals surface area contributed by atoms with Crippen molar-refractivity contribution >= 4 is 17.7 Å². The fourth-order valence-electron chi connectivity index (χ4n) is 1.41. The number of nitrogens with two attached hydrogens (primary N) is 1. The molecule has 1 fully saturated rings. The molecule has 1 unspecified atom stereocenters. The first-order valence-electron chi connectivity index (χ1n) is 4.66. The third kappa shape index (κ3) is 3.19. The van der Waals surface area contributed by atoms with E-state index in [1.807, 2.05) is 0 Å². The van der Waals surface area contributed by atoms with Crippen LogP contribution in [0.5, 0.6) is 0 Å². The van der Waals surface area contributed by atoms with Gasteiger partial charge in [-0.25, -0.2) is 0 Å². The number of carbonyl (C=O) groups is 1. The quantitative estimate of drug-likeness (QED) is 0.726. The predicted molar refractivity (Wildman–Crippen MR) is 54.9 cm³/mol. The molecule has 0 aromatic heterocycles. The maximum atomic E-state index is 10.7. The summed E-state index contributed by atoms with van der Waals surface area (Å²) in [7, 11) is 0. The van der Waals surface area contributed by atoms with Crippen LogP contribution in [0, 0.1) is 0 Å². The Hall–Kier alpha value is -0.220. The Morgan fingerprint density at radius 3 is 2.62 bits per heavy atom. The van der Waals surface area contributed by atoms with Gasteiger partial charge in [0.25, 0.3) is 0 Å². The highest BCUT2D eigenvalue weighted by atomic mass is 32.2. The van der Waals surface area contributed by atoms with Crippen molar-refractivity contribution in [1.82, 2.24) is 0 Å². The Kier molecular flexibility index (Phi) is 3.62. The lowest BCUT2D eigenvalue weighted by Crippen LogP contribution is -2.47. The molecular formula is C9H17NO2S. The summed E-state index contributed by atoms with van der Waals surface area (Å²) < 4.78 is 0. The summed E-state index contributed by atoms with van der Waals surface area (Å²) in [5, 5.41) is 9.42. The molecule has 1 aliphatic rings. The van der Waals surface area contributed by atoms with Gasteiger partial charge in [-0.3, -0.25) is 4.79 Å². The summed E-state index contributed by atoms with van der Waals surface area (Å²) in [4.78, 5) is 10.7. The molecule has 1 atom stereocenters. The smallest absolute Gasteiger partial charge is 0.324 e. The summed E-state index contributed by atoms with van der Waals surface area (Å²) in [5.74, 6) is -0.384. The molecular weight excluding hydrogens is 186 g/mol. The highest BCUT2D eigenvalue weighted by Crippen LogP contribution is 2.30. The maximum Gasteiger partial charge on any atom is 0.324 e. The SMILES string of the molecule is CC(N)(CSC1CCCC1)C(=O)O. The summed E-state index contributed by atoms with van der Waals surface area (Å²) in [6.45, 7) is 1.58. The van der Waals surface area contributed by atoms with E-state index in [2.05, 4.69) is 0 Å². The number of carboxylic acid groups (broad SMARTS) is 1. The molecule has 0 radical (unpaired) electrons. The van der Waals surface area contributed by atoms with Crippen LogP contribution in [0.15, 0.2) is 0 Å². The van der Waals surface area contributed by atoms with Crippen LogP contribution < -0.4 is 5.73 Å². The third-order valence-electron chi connectivity index (χ3n) is 2.41. The maximum absolute atomic E-state index is 10.7. The van der Waals surface area contributed by atoms with Crippen LogP contribution in [-0.2, 0) is 4.79 Å². The molecule has 0 heterocycles. The van der Waals surface area contributed by atoms with Crippen molar-refractivity contribution in [2.75, 3.05) is 5.75 Å². The van der Waals surface area contributed by atoms with Crippen molar-refractivity contribution in [3.05, 3.63) is 0 Å². The number of hydrogen-bond acceptors (Lipinski definition) is 3. The molecule has 13 heavy (non-hydrogen) atoms. The Morgan fingerprint density at radius 2 is 2.15 bits per heavy atom. The van der Waals surface area contributed by atoms with E-state index in [0.717, 1.165) is 0 Å². The first-order valence-corrected chi connectivity index (χ1v) is 5.71. The van der Waals surface area contributed by atoms with Gasteiger partial charge in [-0.2, -0.15) is 11.8 Å². The lowest BCUT2D eigenvalue weighted by Gasteiger charge is -2.20. The minimum Gasteiger partial charge on any atom is -0.480 e. The lowest BCUT2D eigenvalue weighted by molar-refractivity contribution is -0.141. The van der Waals surface area contributed by atoms with Crippen LogP contribution >= 0.6 is 11.8 Å². The largest absolute Gasteiger partial charge is 0.480 e. The topological polar surface area (TPSA) is 63.3 Å². The van der Waals surface area contributed by atoms with Gasteiger partial charge in [0.05, 0.1) is 0 Å². The second kappa shape index (κ2) is 4.33. The summed E-state index contributed by atoms with van der Waals surface area (Å²) in [5.41, 5.74) is 4.56. The van der Waals surface area contributed by atoms with Crippen molar-refractivity contribution in [2.24, 2.45) is 5.73 Å². The van der Waals surface area contributed by atoms with Crippen molar-refractivity contribution in [2.45, 2.75) is 43.4 Å². The van der Waals surface area contributed by atoms with Gasteiger partial charge >= 0.3 is 5.97 Å². The molecule has 0 aromatic carbocycles. The fraction of sp³-hybridized carbons (Fsp3) is 0.889. The van der Waals surface area contributed by atoms with Gasteiger partial charge in [-0.05, 0) is 19.8 Å². The van der Waals surface area contributed by atoms with Crippen LogP contribution in [0.2, 0.25) is 0 Å². The zero-order valence-corrected chi connectivity index (χ0v) is 8.77. The van der Waals surface area contributed by atoms with E-state index in [9.17, 15) is 4.79 Å². The monoisotopic (exact) mass is 203 g/mol. The predicted octanol–water partition coefficient (Wildman–Crippen LogP) is 1.46. The third-order valence-corrected chi connectivity index (χ3v) is 4.12. The van der Waals surface area contributed by atoms with Crippen LogP contribution in [0.3, 0.4) is 0 Å². The Morgan fingerprint density at radius 1 is 1.62 bits per heavy atom. The molecule has 0 saturated heterocycles. The first-order chi connectivity index (χ1) is 6.02. The molecule has 0 spiro atoms. The molecule has 76 valence electrons.